The van der Waals surface area contributed by atoms with Gasteiger partial charge in [0.15, 0.2) is 0 Å². The lowest BCUT2D eigenvalue weighted by Crippen LogP contribution is -2.03. The van der Waals surface area contributed by atoms with Gasteiger partial charge >= 0.3 is 0 Å². The van der Waals surface area contributed by atoms with Crippen LogP contribution < -0.4 is 0 Å². The molecule has 0 saturated heterocycles. The Labute approximate surface area is 148 Å². The molecule has 3 rings (SSSR count). The highest BCUT2D eigenvalue weighted by Gasteiger charge is 2.03. The van der Waals surface area contributed by atoms with Crippen molar-refractivity contribution in [3.63, 3.8) is 0 Å². The van der Waals surface area contributed by atoms with Gasteiger partial charge in [0.25, 0.3) is 0 Å². The normalized spacial score (nSPS) is 11.1. The summed E-state index contributed by atoms with van der Waals surface area (Å²) in [5.74, 6) is 0.320. The summed E-state index contributed by atoms with van der Waals surface area (Å²) in [6.07, 6.45) is 0.806. The molecule has 2 aromatic carbocycles. The molecule has 0 unspecified atom stereocenters. The number of aromatic nitrogens is 1. The van der Waals surface area contributed by atoms with Gasteiger partial charge in [-0.2, -0.15) is 0 Å². The van der Waals surface area contributed by atoms with Crippen molar-refractivity contribution in [1.82, 2.24) is 4.98 Å². The van der Waals surface area contributed by atoms with Crippen molar-refractivity contribution in [1.29, 1.82) is 0 Å². The van der Waals surface area contributed by atoms with Crippen molar-refractivity contribution in [2.24, 2.45) is 0 Å². The van der Waals surface area contributed by atoms with Crippen LogP contribution in [-0.2, 0) is 22.7 Å². The molecule has 25 heavy (non-hydrogen) atoms. The van der Waals surface area contributed by atoms with Crippen molar-refractivity contribution in [3.8, 4) is 5.75 Å². The lowest BCUT2D eigenvalue weighted by atomic mass is 10.1. The minimum Gasteiger partial charge on any atom is -0.507 e. The van der Waals surface area contributed by atoms with E-state index in [1.54, 1.807) is 0 Å². The number of hydrogen-bond donors (Lipinski definition) is 1. The van der Waals surface area contributed by atoms with Crippen molar-refractivity contribution >= 4 is 10.9 Å². The average molecular weight is 337 g/mol. The maximum Gasteiger partial charge on any atom is 0.123 e. The summed E-state index contributed by atoms with van der Waals surface area (Å²) < 4.78 is 11.3. The number of para-hydroxylation sites is 2. The van der Waals surface area contributed by atoms with Crippen LogP contribution in [0.3, 0.4) is 0 Å². The molecule has 130 valence electrons. The zero-order valence-corrected chi connectivity index (χ0v) is 14.4. The molecule has 0 atom stereocenters. The fraction of sp³-hybridized carbons (Fsp3) is 0.286. The van der Waals surface area contributed by atoms with Gasteiger partial charge in [-0.15, -0.1) is 0 Å². The molecule has 0 aliphatic carbocycles. The maximum atomic E-state index is 9.93. The molecule has 4 heteroatoms. The van der Waals surface area contributed by atoms with Crippen LogP contribution in [-0.4, -0.2) is 23.3 Å². The van der Waals surface area contributed by atoms with Gasteiger partial charge in [-0.3, -0.25) is 4.98 Å². The molecule has 1 heterocycles. The standard InChI is InChI=1S/C21H23NO3/c1-16-6-4-8-18(21(16)23)14-24-12-5-13-25-15-19-11-10-17-7-2-3-9-20(17)22-19/h2-4,6-11,23H,5,12-15H2,1H3. The van der Waals surface area contributed by atoms with Gasteiger partial charge in [-0.1, -0.05) is 42.5 Å². The number of fused-ring (bicyclic) bond motifs is 1. The highest BCUT2D eigenvalue weighted by atomic mass is 16.5. The molecular weight excluding hydrogens is 314 g/mol. The summed E-state index contributed by atoms with van der Waals surface area (Å²) in [7, 11) is 0. The van der Waals surface area contributed by atoms with E-state index in [4.69, 9.17) is 9.47 Å². The number of phenols is 1. The van der Waals surface area contributed by atoms with E-state index in [2.05, 4.69) is 17.1 Å². The molecule has 4 nitrogen and oxygen atoms in total. The van der Waals surface area contributed by atoms with E-state index in [1.807, 2.05) is 49.4 Å². The van der Waals surface area contributed by atoms with Crippen molar-refractivity contribution in [2.75, 3.05) is 13.2 Å². The molecule has 0 spiro atoms. The molecule has 3 aromatic rings. The summed E-state index contributed by atoms with van der Waals surface area (Å²) >= 11 is 0. The number of aryl methyl sites for hydroxylation is 1. The summed E-state index contributed by atoms with van der Waals surface area (Å²) in [6.45, 7) is 4.02. The summed E-state index contributed by atoms with van der Waals surface area (Å²) in [5.41, 5.74) is 3.61. The Morgan fingerprint density at radius 2 is 1.68 bits per heavy atom. The van der Waals surface area contributed by atoms with Gasteiger partial charge in [0.1, 0.15) is 5.75 Å². The van der Waals surface area contributed by atoms with Crippen LogP contribution in [0.15, 0.2) is 54.6 Å². The van der Waals surface area contributed by atoms with E-state index in [0.29, 0.717) is 32.2 Å². The number of rotatable bonds is 8. The van der Waals surface area contributed by atoms with E-state index >= 15 is 0 Å². The van der Waals surface area contributed by atoms with Crippen LogP contribution in [0.1, 0.15) is 23.2 Å². The monoisotopic (exact) mass is 337 g/mol. The first-order valence-electron chi connectivity index (χ1n) is 8.51. The summed E-state index contributed by atoms with van der Waals surface area (Å²) in [5, 5.41) is 11.1. The molecule has 0 fully saturated rings. The highest BCUT2D eigenvalue weighted by Crippen LogP contribution is 2.22. The third-order valence-corrected chi connectivity index (χ3v) is 4.06. The number of benzene rings is 2. The van der Waals surface area contributed by atoms with Gasteiger partial charge < -0.3 is 14.6 Å². The Kier molecular flexibility index (Phi) is 5.99. The number of hydrogen-bond acceptors (Lipinski definition) is 4. The smallest absolute Gasteiger partial charge is 0.123 e. The van der Waals surface area contributed by atoms with E-state index < -0.39 is 0 Å². The SMILES string of the molecule is Cc1cccc(COCCCOCc2ccc3ccccc3n2)c1O. The quantitative estimate of drug-likeness (QED) is 0.620. The zero-order chi connectivity index (χ0) is 17.5. The van der Waals surface area contributed by atoms with Crippen molar-refractivity contribution in [2.45, 2.75) is 26.6 Å². The van der Waals surface area contributed by atoms with Gasteiger partial charge in [0.2, 0.25) is 0 Å². The number of nitrogens with zero attached hydrogens (tertiary/aromatic N) is 1. The first kappa shape index (κ1) is 17.4. The molecule has 0 bridgehead atoms. The summed E-state index contributed by atoms with van der Waals surface area (Å²) in [4.78, 5) is 4.58. The Balaban J connectivity index is 1.35. The third kappa shape index (κ3) is 4.78. The molecule has 1 N–H and O–H groups in total. The molecule has 0 radical (unpaired) electrons. The van der Waals surface area contributed by atoms with Crippen LogP contribution in [0.4, 0.5) is 0 Å². The number of phenolic OH excluding ortho intramolecular Hbond substituents is 1. The average Bonchev–Trinajstić information content (AvgIpc) is 2.64. The second-order valence-electron chi connectivity index (χ2n) is 6.04. The van der Waals surface area contributed by atoms with Crippen LogP contribution in [0.2, 0.25) is 0 Å². The molecule has 0 aliphatic heterocycles. The minimum atomic E-state index is 0.320. The van der Waals surface area contributed by atoms with Crippen LogP contribution >= 0.6 is 0 Å². The molecule has 1 aromatic heterocycles. The Bertz CT molecular complexity index is 832. The van der Waals surface area contributed by atoms with Gasteiger partial charge in [0.05, 0.1) is 24.4 Å². The second kappa shape index (κ2) is 8.60. The lowest BCUT2D eigenvalue weighted by molar-refractivity contribution is 0.0679. The Morgan fingerprint density at radius 1 is 0.880 bits per heavy atom. The Hall–Kier alpha value is -2.43. The van der Waals surface area contributed by atoms with E-state index in [0.717, 1.165) is 34.1 Å². The fourth-order valence-corrected chi connectivity index (χ4v) is 2.65. The zero-order valence-electron chi connectivity index (χ0n) is 14.4. The number of aromatic hydroxyl groups is 1. The third-order valence-electron chi connectivity index (χ3n) is 4.06. The van der Waals surface area contributed by atoms with E-state index in [-0.39, 0.29) is 0 Å². The number of pyridine rings is 1. The molecule has 0 amide bonds. The summed E-state index contributed by atoms with van der Waals surface area (Å²) in [6, 6.07) is 17.8. The first-order valence-corrected chi connectivity index (χ1v) is 8.51. The topological polar surface area (TPSA) is 51.6 Å². The minimum absolute atomic E-state index is 0.320. The first-order chi connectivity index (χ1) is 12.2. The predicted octanol–water partition coefficient (Wildman–Crippen LogP) is 4.37. The maximum absolute atomic E-state index is 9.93. The largest absolute Gasteiger partial charge is 0.507 e. The molecular formula is C21H23NO3. The van der Waals surface area contributed by atoms with Crippen molar-refractivity contribution in [3.05, 3.63) is 71.4 Å². The fourth-order valence-electron chi connectivity index (χ4n) is 2.65. The van der Waals surface area contributed by atoms with E-state index in [1.165, 1.54) is 0 Å². The van der Waals surface area contributed by atoms with Crippen LogP contribution in [0, 0.1) is 6.92 Å². The lowest BCUT2D eigenvalue weighted by Gasteiger charge is -2.08. The predicted molar refractivity (Wildman–Crippen MR) is 98.5 cm³/mol. The molecule has 0 aliphatic rings. The van der Waals surface area contributed by atoms with Gasteiger partial charge in [-0.05, 0) is 31.0 Å². The van der Waals surface area contributed by atoms with E-state index in [9.17, 15) is 5.11 Å². The van der Waals surface area contributed by atoms with Gasteiger partial charge in [0, 0.05) is 24.2 Å². The molecule has 0 saturated carbocycles. The van der Waals surface area contributed by atoms with Gasteiger partial charge in [-0.25, -0.2) is 0 Å². The highest BCUT2D eigenvalue weighted by molar-refractivity contribution is 5.78. The number of ether oxygens (including phenoxy) is 2. The second-order valence-corrected chi connectivity index (χ2v) is 6.04. The van der Waals surface area contributed by atoms with Crippen LogP contribution in [0.25, 0.3) is 10.9 Å². The van der Waals surface area contributed by atoms with Crippen molar-refractivity contribution < 1.29 is 14.6 Å². The Morgan fingerprint density at radius 3 is 2.56 bits per heavy atom. The van der Waals surface area contributed by atoms with Crippen LogP contribution in [0.5, 0.6) is 5.75 Å².